The van der Waals surface area contributed by atoms with Crippen LogP contribution in [0.25, 0.3) is 11.3 Å². The molecule has 0 aliphatic carbocycles. The minimum absolute atomic E-state index is 0.00185. The van der Waals surface area contributed by atoms with Gasteiger partial charge in [0.1, 0.15) is 17.9 Å². The fourth-order valence-electron chi connectivity index (χ4n) is 2.68. The summed E-state index contributed by atoms with van der Waals surface area (Å²) in [5.41, 5.74) is 1.35. The zero-order chi connectivity index (χ0) is 21.3. The number of para-hydroxylation sites is 1. The minimum atomic E-state index is -0.590. The molecule has 0 saturated heterocycles. The summed E-state index contributed by atoms with van der Waals surface area (Å²) >= 11 is 0. The van der Waals surface area contributed by atoms with Gasteiger partial charge < -0.3 is 14.8 Å². The second kappa shape index (κ2) is 9.97. The predicted molar refractivity (Wildman–Crippen MR) is 110 cm³/mol. The first-order valence-electron chi connectivity index (χ1n) is 9.30. The van der Waals surface area contributed by atoms with Gasteiger partial charge in [-0.2, -0.15) is 0 Å². The summed E-state index contributed by atoms with van der Waals surface area (Å²) in [6.45, 7) is 2.83. The number of nitro groups is 1. The Balaban J connectivity index is 1.50. The summed E-state index contributed by atoms with van der Waals surface area (Å²) in [5.74, 6) is 0.560. The normalized spacial score (nSPS) is 10.3. The molecular formula is C21H20N4O5. The number of hydrogen-bond acceptors (Lipinski definition) is 7. The number of rotatable bonds is 9. The number of amides is 1. The van der Waals surface area contributed by atoms with Gasteiger partial charge in [-0.3, -0.25) is 14.9 Å². The highest BCUT2D eigenvalue weighted by atomic mass is 16.6. The largest absolute Gasteiger partial charge is 0.494 e. The molecule has 0 saturated carbocycles. The number of aromatic nitrogens is 2. The average molecular weight is 408 g/mol. The zero-order valence-corrected chi connectivity index (χ0v) is 16.3. The summed E-state index contributed by atoms with van der Waals surface area (Å²) in [7, 11) is 0. The molecule has 1 N–H and O–H groups in total. The fourth-order valence-corrected chi connectivity index (χ4v) is 2.68. The van der Waals surface area contributed by atoms with Gasteiger partial charge in [0.15, 0.2) is 0 Å². The topological polar surface area (TPSA) is 116 Å². The van der Waals surface area contributed by atoms with Crippen molar-refractivity contribution in [1.29, 1.82) is 0 Å². The number of ether oxygens (including phenoxy) is 2. The van der Waals surface area contributed by atoms with Crippen molar-refractivity contribution >= 4 is 11.6 Å². The summed E-state index contributed by atoms with van der Waals surface area (Å²) in [6, 6.07) is 16.8. The van der Waals surface area contributed by atoms with E-state index in [0.29, 0.717) is 18.2 Å². The number of benzene rings is 2. The lowest BCUT2D eigenvalue weighted by molar-refractivity contribution is -0.385. The lowest BCUT2D eigenvalue weighted by atomic mass is 10.1. The van der Waals surface area contributed by atoms with E-state index < -0.39 is 10.8 Å². The highest BCUT2D eigenvalue weighted by Gasteiger charge is 2.18. The second-order valence-corrected chi connectivity index (χ2v) is 6.09. The van der Waals surface area contributed by atoms with Crippen molar-refractivity contribution < 1.29 is 19.2 Å². The van der Waals surface area contributed by atoms with E-state index in [9.17, 15) is 14.9 Å². The van der Waals surface area contributed by atoms with Crippen molar-refractivity contribution in [2.75, 3.05) is 19.8 Å². The molecule has 30 heavy (non-hydrogen) atoms. The standard InChI is InChI=1S/C21H20N4O5/c1-2-29-16-9-7-15(8-10-16)18-11-12-20(24-23-18)30-14-13-22-21(26)17-5-3-4-6-19(17)25(27)28/h3-12H,2,13-14H2,1H3,(H,22,26). The average Bonchev–Trinajstić information content (AvgIpc) is 2.78. The molecule has 0 fully saturated rings. The molecule has 0 aliphatic heterocycles. The van der Waals surface area contributed by atoms with Gasteiger partial charge in [-0.25, -0.2) is 0 Å². The monoisotopic (exact) mass is 408 g/mol. The first-order chi connectivity index (χ1) is 14.6. The van der Waals surface area contributed by atoms with Crippen molar-refractivity contribution in [3.8, 4) is 22.9 Å². The first-order valence-corrected chi connectivity index (χ1v) is 9.30. The van der Waals surface area contributed by atoms with E-state index in [1.807, 2.05) is 31.2 Å². The Bertz CT molecular complexity index is 1010. The van der Waals surface area contributed by atoms with Gasteiger partial charge in [-0.15, -0.1) is 10.2 Å². The molecule has 0 atom stereocenters. The molecule has 1 amide bonds. The fraction of sp³-hybridized carbons (Fsp3) is 0.190. The summed E-state index contributed by atoms with van der Waals surface area (Å²) < 4.78 is 10.9. The minimum Gasteiger partial charge on any atom is -0.494 e. The number of nitrogens with one attached hydrogen (secondary N) is 1. The van der Waals surface area contributed by atoms with Crippen LogP contribution in [0, 0.1) is 10.1 Å². The summed E-state index contributed by atoms with van der Waals surface area (Å²) in [4.78, 5) is 22.5. The molecule has 9 heteroatoms. The Morgan fingerprint density at radius 3 is 2.47 bits per heavy atom. The molecular weight excluding hydrogens is 388 g/mol. The van der Waals surface area contributed by atoms with Crippen LogP contribution in [0.15, 0.2) is 60.7 Å². The van der Waals surface area contributed by atoms with Crippen LogP contribution in [0.1, 0.15) is 17.3 Å². The van der Waals surface area contributed by atoms with Gasteiger partial charge in [0.05, 0.1) is 23.8 Å². The molecule has 3 rings (SSSR count). The Hall–Kier alpha value is -4.01. The van der Waals surface area contributed by atoms with Crippen LogP contribution >= 0.6 is 0 Å². The van der Waals surface area contributed by atoms with Crippen LogP contribution in [-0.4, -0.2) is 40.8 Å². The number of nitro benzene ring substituents is 1. The molecule has 0 unspecified atom stereocenters. The zero-order valence-electron chi connectivity index (χ0n) is 16.3. The van der Waals surface area contributed by atoms with Crippen LogP contribution in [0.3, 0.4) is 0 Å². The van der Waals surface area contributed by atoms with Gasteiger partial charge in [0.2, 0.25) is 5.88 Å². The van der Waals surface area contributed by atoms with Gasteiger partial charge in [0, 0.05) is 17.7 Å². The van der Waals surface area contributed by atoms with Crippen LogP contribution in [0.4, 0.5) is 5.69 Å². The SMILES string of the molecule is CCOc1ccc(-c2ccc(OCCNC(=O)c3ccccc3[N+](=O)[O-])nn2)cc1. The van der Waals surface area contributed by atoms with E-state index in [1.54, 1.807) is 18.2 Å². The molecule has 0 radical (unpaired) electrons. The lowest BCUT2D eigenvalue weighted by Crippen LogP contribution is -2.28. The maximum absolute atomic E-state index is 12.1. The van der Waals surface area contributed by atoms with Gasteiger partial charge in [0.25, 0.3) is 11.6 Å². The van der Waals surface area contributed by atoms with E-state index >= 15 is 0 Å². The number of hydrogen-bond donors (Lipinski definition) is 1. The third kappa shape index (κ3) is 5.28. The third-order valence-corrected chi connectivity index (χ3v) is 4.08. The van der Waals surface area contributed by atoms with Crippen LogP contribution < -0.4 is 14.8 Å². The second-order valence-electron chi connectivity index (χ2n) is 6.09. The predicted octanol–water partition coefficient (Wildman–Crippen LogP) is 3.26. The van der Waals surface area contributed by atoms with E-state index in [0.717, 1.165) is 11.3 Å². The Morgan fingerprint density at radius 2 is 1.80 bits per heavy atom. The van der Waals surface area contributed by atoms with Crippen molar-refractivity contribution in [3.63, 3.8) is 0 Å². The number of nitrogens with zero attached hydrogens (tertiary/aromatic N) is 3. The molecule has 2 aromatic carbocycles. The molecule has 0 aliphatic rings. The highest BCUT2D eigenvalue weighted by Crippen LogP contribution is 2.21. The summed E-state index contributed by atoms with van der Waals surface area (Å²) in [6.07, 6.45) is 0. The molecule has 3 aromatic rings. The lowest BCUT2D eigenvalue weighted by Gasteiger charge is -2.08. The van der Waals surface area contributed by atoms with Gasteiger partial charge in [-0.05, 0) is 43.3 Å². The van der Waals surface area contributed by atoms with Crippen LogP contribution in [-0.2, 0) is 0 Å². The molecule has 0 bridgehead atoms. The van der Waals surface area contributed by atoms with Crippen molar-refractivity contribution in [2.24, 2.45) is 0 Å². The van der Waals surface area contributed by atoms with Crippen molar-refractivity contribution in [1.82, 2.24) is 15.5 Å². The van der Waals surface area contributed by atoms with E-state index in [1.165, 1.54) is 18.2 Å². The summed E-state index contributed by atoms with van der Waals surface area (Å²) in [5, 5.41) is 21.7. The first kappa shape index (κ1) is 20.7. The van der Waals surface area contributed by atoms with Crippen LogP contribution in [0.5, 0.6) is 11.6 Å². The Labute approximate surface area is 172 Å². The maximum atomic E-state index is 12.1. The van der Waals surface area contributed by atoms with Crippen LogP contribution in [0.2, 0.25) is 0 Å². The quantitative estimate of drug-likeness (QED) is 0.328. The molecule has 1 aromatic heterocycles. The van der Waals surface area contributed by atoms with E-state index in [-0.39, 0.29) is 24.4 Å². The smallest absolute Gasteiger partial charge is 0.282 e. The number of carbonyl (C=O) groups excluding carboxylic acids is 1. The molecule has 9 nitrogen and oxygen atoms in total. The molecule has 154 valence electrons. The van der Waals surface area contributed by atoms with Crippen molar-refractivity contribution in [2.45, 2.75) is 6.92 Å². The highest BCUT2D eigenvalue weighted by molar-refractivity contribution is 5.98. The molecule has 1 heterocycles. The number of carbonyl (C=O) groups is 1. The third-order valence-electron chi connectivity index (χ3n) is 4.08. The Morgan fingerprint density at radius 1 is 1.03 bits per heavy atom. The van der Waals surface area contributed by atoms with Crippen molar-refractivity contribution in [3.05, 3.63) is 76.3 Å². The van der Waals surface area contributed by atoms with E-state index in [4.69, 9.17) is 9.47 Å². The Kier molecular flexibility index (Phi) is 6.88. The van der Waals surface area contributed by atoms with E-state index in [2.05, 4.69) is 15.5 Å². The van der Waals surface area contributed by atoms with Gasteiger partial charge in [-0.1, -0.05) is 12.1 Å². The van der Waals surface area contributed by atoms with Gasteiger partial charge >= 0.3 is 0 Å². The molecule has 0 spiro atoms. The maximum Gasteiger partial charge on any atom is 0.282 e.